The van der Waals surface area contributed by atoms with Gasteiger partial charge in [0.05, 0.1) is 16.3 Å². The van der Waals surface area contributed by atoms with Crippen LogP contribution in [0.1, 0.15) is 20.7 Å². The molecule has 20 heavy (non-hydrogen) atoms. The van der Waals surface area contributed by atoms with Crippen molar-refractivity contribution >= 4 is 29.2 Å². The number of aromatic carboxylic acids is 1. The fourth-order valence-electron chi connectivity index (χ4n) is 1.59. The molecule has 102 valence electrons. The summed E-state index contributed by atoms with van der Waals surface area (Å²) in [6, 6.07) is 9.66. The topological polar surface area (TPSA) is 66.4 Å². The van der Waals surface area contributed by atoms with Gasteiger partial charge >= 0.3 is 5.97 Å². The number of amides is 1. The first-order valence-electron chi connectivity index (χ1n) is 5.58. The van der Waals surface area contributed by atoms with Gasteiger partial charge in [-0.1, -0.05) is 23.7 Å². The Labute approximate surface area is 118 Å². The van der Waals surface area contributed by atoms with Gasteiger partial charge in [0.1, 0.15) is 0 Å². The summed E-state index contributed by atoms with van der Waals surface area (Å²) in [5, 5.41) is 11.1. The predicted molar refractivity (Wildman–Crippen MR) is 72.8 cm³/mol. The molecule has 0 bridgehead atoms. The van der Waals surface area contributed by atoms with Gasteiger partial charge in [-0.3, -0.25) is 4.79 Å². The molecule has 2 aromatic rings. The summed E-state index contributed by atoms with van der Waals surface area (Å²) in [5.41, 5.74) is 0.0247. The highest BCUT2D eigenvalue weighted by molar-refractivity contribution is 6.31. The molecule has 0 aliphatic rings. The Morgan fingerprint density at radius 3 is 2.45 bits per heavy atom. The number of hydrogen-bond donors (Lipinski definition) is 2. The van der Waals surface area contributed by atoms with E-state index in [1.807, 2.05) is 0 Å². The Bertz CT molecular complexity index is 688. The average Bonchev–Trinajstić information content (AvgIpc) is 2.44. The van der Waals surface area contributed by atoms with Crippen LogP contribution in [0.5, 0.6) is 0 Å². The van der Waals surface area contributed by atoms with Crippen molar-refractivity contribution in [3.63, 3.8) is 0 Å². The molecule has 0 fully saturated rings. The van der Waals surface area contributed by atoms with Crippen molar-refractivity contribution in [2.24, 2.45) is 0 Å². The van der Waals surface area contributed by atoms with Crippen molar-refractivity contribution < 1.29 is 19.1 Å². The summed E-state index contributed by atoms with van der Waals surface area (Å²) in [5.74, 6) is -2.50. The average molecular weight is 294 g/mol. The zero-order valence-corrected chi connectivity index (χ0v) is 10.8. The Morgan fingerprint density at radius 1 is 1.10 bits per heavy atom. The van der Waals surface area contributed by atoms with Crippen LogP contribution in [0.25, 0.3) is 0 Å². The van der Waals surface area contributed by atoms with Gasteiger partial charge in [0, 0.05) is 5.56 Å². The van der Waals surface area contributed by atoms with Gasteiger partial charge in [-0.15, -0.1) is 0 Å². The predicted octanol–water partition coefficient (Wildman–Crippen LogP) is 3.43. The third-order valence-electron chi connectivity index (χ3n) is 2.57. The molecule has 2 rings (SSSR count). The number of carbonyl (C=O) groups excluding carboxylic acids is 1. The van der Waals surface area contributed by atoms with Gasteiger partial charge in [-0.2, -0.15) is 0 Å². The maximum atomic E-state index is 13.6. The number of benzene rings is 2. The van der Waals surface area contributed by atoms with Crippen molar-refractivity contribution in [2.75, 3.05) is 5.32 Å². The molecular weight excluding hydrogens is 285 g/mol. The molecule has 4 nitrogen and oxygen atoms in total. The molecule has 0 aliphatic carbocycles. The summed E-state index contributed by atoms with van der Waals surface area (Å²) in [7, 11) is 0. The lowest BCUT2D eigenvalue weighted by atomic mass is 10.1. The zero-order valence-electron chi connectivity index (χ0n) is 10.1. The van der Waals surface area contributed by atoms with E-state index in [2.05, 4.69) is 5.32 Å². The largest absolute Gasteiger partial charge is 0.478 e. The number of hydrogen-bond acceptors (Lipinski definition) is 2. The van der Waals surface area contributed by atoms with Crippen LogP contribution in [-0.2, 0) is 0 Å². The summed E-state index contributed by atoms with van der Waals surface area (Å²) in [6.07, 6.45) is 0. The first-order valence-corrected chi connectivity index (χ1v) is 5.95. The molecule has 0 saturated carbocycles. The standard InChI is InChI=1S/C14H9ClFNO3/c15-10-5-2-6-11(12(10)16)17-13(18)8-3-1-4-9(7-8)14(19)20/h1-7H,(H,17,18)(H,19,20). The molecule has 0 spiro atoms. The smallest absolute Gasteiger partial charge is 0.335 e. The van der Waals surface area contributed by atoms with Crippen LogP contribution in [0, 0.1) is 5.82 Å². The molecule has 0 aliphatic heterocycles. The molecule has 1 amide bonds. The van der Waals surface area contributed by atoms with Gasteiger partial charge in [0.25, 0.3) is 5.91 Å². The van der Waals surface area contributed by atoms with Crippen LogP contribution in [0.2, 0.25) is 5.02 Å². The normalized spacial score (nSPS) is 10.1. The lowest BCUT2D eigenvalue weighted by Crippen LogP contribution is -2.13. The van der Waals surface area contributed by atoms with Gasteiger partial charge in [-0.05, 0) is 30.3 Å². The second-order valence-electron chi connectivity index (χ2n) is 3.94. The Balaban J connectivity index is 2.26. The van der Waals surface area contributed by atoms with Crippen LogP contribution in [0.15, 0.2) is 42.5 Å². The summed E-state index contributed by atoms with van der Waals surface area (Å²) < 4.78 is 13.6. The number of rotatable bonds is 3. The van der Waals surface area contributed by atoms with Crippen molar-refractivity contribution in [3.8, 4) is 0 Å². The van der Waals surface area contributed by atoms with E-state index in [1.165, 1.54) is 42.5 Å². The van der Waals surface area contributed by atoms with Crippen molar-refractivity contribution in [1.29, 1.82) is 0 Å². The monoisotopic (exact) mass is 293 g/mol. The fraction of sp³-hybridized carbons (Fsp3) is 0. The van der Waals surface area contributed by atoms with Crippen LogP contribution in [0.4, 0.5) is 10.1 Å². The molecule has 2 N–H and O–H groups in total. The minimum Gasteiger partial charge on any atom is -0.478 e. The number of anilines is 1. The summed E-state index contributed by atoms with van der Waals surface area (Å²) >= 11 is 5.61. The van der Waals surface area contributed by atoms with Crippen molar-refractivity contribution in [1.82, 2.24) is 0 Å². The molecule has 0 unspecified atom stereocenters. The van der Waals surface area contributed by atoms with Gasteiger partial charge in [0.2, 0.25) is 0 Å². The van der Waals surface area contributed by atoms with Gasteiger partial charge in [-0.25, -0.2) is 9.18 Å². The van der Waals surface area contributed by atoms with E-state index in [9.17, 15) is 14.0 Å². The number of carbonyl (C=O) groups is 2. The highest BCUT2D eigenvalue weighted by Crippen LogP contribution is 2.22. The van der Waals surface area contributed by atoms with Crippen LogP contribution in [-0.4, -0.2) is 17.0 Å². The fourth-order valence-corrected chi connectivity index (χ4v) is 1.76. The minimum atomic E-state index is -1.14. The highest BCUT2D eigenvalue weighted by Gasteiger charge is 2.13. The maximum Gasteiger partial charge on any atom is 0.335 e. The first-order chi connectivity index (χ1) is 9.49. The molecule has 2 aromatic carbocycles. The third kappa shape index (κ3) is 2.95. The van der Waals surface area contributed by atoms with E-state index < -0.39 is 17.7 Å². The maximum absolute atomic E-state index is 13.6. The molecule has 6 heteroatoms. The molecule has 0 aromatic heterocycles. The lowest BCUT2D eigenvalue weighted by molar-refractivity contribution is 0.0697. The van der Waals surface area contributed by atoms with E-state index in [0.29, 0.717) is 0 Å². The zero-order chi connectivity index (χ0) is 14.7. The summed E-state index contributed by atoms with van der Waals surface area (Å²) in [6.45, 7) is 0. The van der Waals surface area contributed by atoms with E-state index in [0.717, 1.165) is 0 Å². The second kappa shape index (κ2) is 5.71. The quantitative estimate of drug-likeness (QED) is 0.911. The number of carboxylic acids is 1. The Morgan fingerprint density at radius 2 is 1.75 bits per heavy atom. The Hall–Kier alpha value is -2.40. The van der Waals surface area contributed by atoms with E-state index in [4.69, 9.17) is 16.7 Å². The lowest BCUT2D eigenvalue weighted by Gasteiger charge is -2.07. The third-order valence-corrected chi connectivity index (χ3v) is 2.86. The highest BCUT2D eigenvalue weighted by atomic mass is 35.5. The Kier molecular flexibility index (Phi) is 4.00. The molecule has 0 atom stereocenters. The van der Waals surface area contributed by atoms with Gasteiger partial charge in [0.15, 0.2) is 5.82 Å². The van der Waals surface area contributed by atoms with Crippen LogP contribution in [0.3, 0.4) is 0 Å². The van der Waals surface area contributed by atoms with Crippen molar-refractivity contribution in [2.45, 2.75) is 0 Å². The number of halogens is 2. The SMILES string of the molecule is O=C(O)c1cccc(C(=O)Nc2cccc(Cl)c2F)c1. The summed E-state index contributed by atoms with van der Waals surface area (Å²) in [4.78, 5) is 22.8. The second-order valence-corrected chi connectivity index (χ2v) is 4.35. The van der Waals surface area contributed by atoms with Crippen molar-refractivity contribution in [3.05, 3.63) is 64.4 Å². The molecule has 0 heterocycles. The van der Waals surface area contributed by atoms with Gasteiger partial charge < -0.3 is 10.4 Å². The number of nitrogens with one attached hydrogen (secondary N) is 1. The van der Waals surface area contributed by atoms with E-state index in [1.54, 1.807) is 0 Å². The minimum absolute atomic E-state index is 0.0239. The molecule has 0 radical (unpaired) electrons. The van der Waals surface area contributed by atoms with E-state index >= 15 is 0 Å². The first kappa shape index (κ1) is 14.0. The number of carboxylic acid groups (broad SMARTS) is 1. The molecular formula is C14H9ClFNO3. The van der Waals surface area contributed by atoms with Crippen LogP contribution >= 0.6 is 11.6 Å². The van der Waals surface area contributed by atoms with E-state index in [-0.39, 0.29) is 21.8 Å². The molecule has 0 saturated heterocycles. The van der Waals surface area contributed by atoms with Crippen LogP contribution < -0.4 is 5.32 Å².